The fourth-order valence-corrected chi connectivity index (χ4v) is 2.91. The van der Waals surface area contributed by atoms with Gasteiger partial charge in [-0.2, -0.15) is 0 Å². The first-order valence-electron chi connectivity index (χ1n) is 6.86. The van der Waals surface area contributed by atoms with Crippen molar-refractivity contribution in [1.82, 2.24) is 20.3 Å². The Kier molecular flexibility index (Phi) is 2.48. The van der Waals surface area contributed by atoms with Crippen molar-refractivity contribution in [3.05, 3.63) is 36.3 Å². The second-order valence-electron chi connectivity index (χ2n) is 5.18. The van der Waals surface area contributed by atoms with E-state index in [-0.39, 0.29) is 0 Å². The van der Waals surface area contributed by atoms with E-state index in [4.69, 9.17) is 4.98 Å². The molecule has 0 aliphatic carbocycles. The van der Waals surface area contributed by atoms with E-state index in [1.807, 2.05) is 24.4 Å². The monoisotopic (exact) mass is 252 g/mol. The first-order chi connectivity index (χ1) is 9.42. The lowest BCUT2D eigenvalue weighted by Crippen LogP contribution is -2.27. The van der Waals surface area contributed by atoms with Gasteiger partial charge in [-0.3, -0.25) is 4.98 Å². The zero-order valence-electron chi connectivity index (χ0n) is 10.7. The van der Waals surface area contributed by atoms with E-state index in [2.05, 4.69) is 21.4 Å². The SMILES string of the molecule is c1ccc2c(c1)ncc1[nH]c(C3CCNCC3)nc12. The number of rotatable bonds is 1. The largest absolute Gasteiger partial charge is 0.340 e. The van der Waals surface area contributed by atoms with Crippen LogP contribution in [0.1, 0.15) is 24.6 Å². The number of para-hydroxylation sites is 1. The molecule has 0 radical (unpaired) electrons. The van der Waals surface area contributed by atoms with Crippen LogP contribution in [0, 0.1) is 0 Å². The Hall–Kier alpha value is -1.94. The van der Waals surface area contributed by atoms with Crippen LogP contribution in [0.15, 0.2) is 30.5 Å². The Morgan fingerprint density at radius 3 is 2.84 bits per heavy atom. The van der Waals surface area contributed by atoms with Gasteiger partial charge in [0.25, 0.3) is 0 Å². The van der Waals surface area contributed by atoms with Crippen molar-refractivity contribution in [2.75, 3.05) is 13.1 Å². The molecule has 0 unspecified atom stereocenters. The average Bonchev–Trinajstić information content (AvgIpc) is 2.93. The van der Waals surface area contributed by atoms with Crippen LogP contribution in [-0.4, -0.2) is 28.0 Å². The first kappa shape index (κ1) is 10.9. The molecule has 0 bridgehead atoms. The van der Waals surface area contributed by atoms with Gasteiger partial charge >= 0.3 is 0 Å². The molecule has 19 heavy (non-hydrogen) atoms. The molecule has 1 fully saturated rings. The highest BCUT2D eigenvalue weighted by Gasteiger charge is 2.19. The van der Waals surface area contributed by atoms with Gasteiger partial charge in [-0.1, -0.05) is 18.2 Å². The van der Waals surface area contributed by atoms with Crippen LogP contribution in [-0.2, 0) is 0 Å². The highest BCUT2D eigenvalue weighted by atomic mass is 15.0. The maximum atomic E-state index is 4.84. The minimum atomic E-state index is 0.549. The summed E-state index contributed by atoms with van der Waals surface area (Å²) in [4.78, 5) is 12.8. The number of benzene rings is 1. The van der Waals surface area contributed by atoms with Gasteiger partial charge in [0.2, 0.25) is 0 Å². The third-order valence-corrected chi connectivity index (χ3v) is 3.97. The molecule has 1 aliphatic rings. The number of piperidine rings is 1. The van der Waals surface area contributed by atoms with Crippen LogP contribution >= 0.6 is 0 Å². The molecule has 96 valence electrons. The molecule has 0 spiro atoms. The number of pyridine rings is 1. The summed E-state index contributed by atoms with van der Waals surface area (Å²) in [5.74, 6) is 1.67. The summed E-state index contributed by atoms with van der Waals surface area (Å²) in [6, 6.07) is 8.19. The van der Waals surface area contributed by atoms with Crippen molar-refractivity contribution >= 4 is 21.9 Å². The van der Waals surface area contributed by atoms with Crippen molar-refractivity contribution < 1.29 is 0 Å². The third-order valence-electron chi connectivity index (χ3n) is 3.97. The molecule has 4 rings (SSSR count). The number of hydrogen-bond acceptors (Lipinski definition) is 3. The molecule has 3 aromatic rings. The van der Waals surface area contributed by atoms with Crippen molar-refractivity contribution in [1.29, 1.82) is 0 Å². The number of nitrogens with zero attached hydrogens (tertiary/aromatic N) is 2. The Balaban J connectivity index is 1.88. The van der Waals surface area contributed by atoms with Crippen molar-refractivity contribution in [3.8, 4) is 0 Å². The summed E-state index contributed by atoms with van der Waals surface area (Å²) in [5.41, 5.74) is 3.12. The highest BCUT2D eigenvalue weighted by molar-refractivity contribution is 6.01. The van der Waals surface area contributed by atoms with Gasteiger partial charge in [-0.25, -0.2) is 4.98 Å². The Morgan fingerprint density at radius 1 is 1.11 bits per heavy atom. The van der Waals surface area contributed by atoms with Gasteiger partial charge in [0.1, 0.15) is 5.82 Å². The van der Waals surface area contributed by atoms with Crippen LogP contribution in [0.5, 0.6) is 0 Å². The number of aromatic nitrogens is 3. The van der Waals surface area contributed by atoms with Gasteiger partial charge in [-0.15, -0.1) is 0 Å². The molecule has 3 heterocycles. The fraction of sp³-hybridized carbons (Fsp3) is 0.333. The maximum absolute atomic E-state index is 4.84. The Morgan fingerprint density at radius 2 is 1.95 bits per heavy atom. The predicted molar refractivity (Wildman–Crippen MR) is 76.2 cm³/mol. The molecule has 1 saturated heterocycles. The van der Waals surface area contributed by atoms with E-state index in [1.165, 1.54) is 0 Å². The van der Waals surface area contributed by atoms with Crippen LogP contribution in [0.4, 0.5) is 0 Å². The van der Waals surface area contributed by atoms with Crippen molar-refractivity contribution in [2.24, 2.45) is 0 Å². The molecule has 0 atom stereocenters. The third kappa shape index (κ3) is 1.79. The van der Waals surface area contributed by atoms with E-state index in [0.29, 0.717) is 5.92 Å². The van der Waals surface area contributed by atoms with Crippen LogP contribution in [0.25, 0.3) is 21.9 Å². The summed E-state index contributed by atoms with van der Waals surface area (Å²) in [7, 11) is 0. The topological polar surface area (TPSA) is 53.6 Å². The van der Waals surface area contributed by atoms with Crippen LogP contribution in [0.2, 0.25) is 0 Å². The molecule has 4 heteroatoms. The normalized spacial score (nSPS) is 17.3. The summed E-state index contributed by atoms with van der Waals surface area (Å²) >= 11 is 0. The number of hydrogen-bond donors (Lipinski definition) is 2. The van der Waals surface area contributed by atoms with Crippen LogP contribution < -0.4 is 5.32 Å². The van der Waals surface area contributed by atoms with E-state index < -0.39 is 0 Å². The van der Waals surface area contributed by atoms with Crippen molar-refractivity contribution in [2.45, 2.75) is 18.8 Å². The number of aromatic amines is 1. The van der Waals surface area contributed by atoms with Gasteiger partial charge < -0.3 is 10.3 Å². The Labute approximate surface area is 111 Å². The van der Waals surface area contributed by atoms with Gasteiger partial charge in [0.05, 0.1) is 22.7 Å². The van der Waals surface area contributed by atoms with E-state index in [1.54, 1.807) is 0 Å². The molecule has 1 aliphatic heterocycles. The smallest absolute Gasteiger partial charge is 0.110 e. The molecule has 2 N–H and O–H groups in total. The number of H-pyrrole nitrogens is 1. The van der Waals surface area contributed by atoms with E-state index in [0.717, 1.165) is 53.7 Å². The summed E-state index contributed by atoms with van der Waals surface area (Å²) in [5, 5.41) is 4.53. The zero-order valence-corrected chi connectivity index (χ0v) is 10.7. The average molecular weight is 252 g/mol. The molecule has 1 aromatic carbocycles. The van der Waals surface area contributed by atoms with Gasteiger partial charge in [-0.05, 0) is 32.0 Å². The number of fused-ring (bicyclic) bond motifs is 3. The van der Waals surface area contributed by atoms with Crippen molar-refractivity contribution in [3.63, 3.8) is 0 Å². The summed E-state index contributed by atoms with van der Waals surface area (Å²) < 4.78 is 0. The lowest BCUT2D eigenvalue weighted by Gasteiger charge is -2.20. The Bertz CT molecular complexity index is 725. The molecule has 4 nitrogen and oxygen atoms in total. The molecule has 0 saturated carbocycles. The zero-order chi connectivity index (χ0) is 12.7. The second kappa shape index (κ2) is 4.31. The van der Waals surface area contributed by atoms with Gasteiger partial charge in [0.15, 0.2) is 0 Å². The first-order valence-corrected chi connectivity index (χ1v) is 6.86. The summed E-state index contributed by atoms with van der Waals surface area (Å²) in [6.07, 6.45) is 4.21. The minimum Gasteiger partial charge on any atom is -0.340 e. The number of imidazole rings is 1. The lowest BCUT2D eigenvalue weighted by molar-refractivity contribution is 0.448. The fourth-order valence-electron chi connectivity index (χ4n) is 2.91. The van der Waals surface area contributed by atoms with Crippen LogP contribution in [0.3, 0.4) is 0 Å². The second-order valence-corrected chi connectivity index (χ2v) is 5.18. The minimum absolute atomic E-state index is 0.549. The predicted octanol–water partition coefficient (Wildman–Crippen LogP) is 2.58. The molecular weight excluding hydrogens is 236 g/mol. The highest BCUT2D eigenvalue weighted by Crippen LogP contribution is 2.27. The maximum Gasteiger partial charge on any atom is 0.110 e. The standard InChI is InChI=1S/C15H16N4/c1-2-4-12-11(3-1)14-13(9-17-12)18-15(19-14)10-5-7-16-8-6-10/h1-4,9-10,16H,5-8H2,(H,18,19). The van der Waals surface area contributed by atoms with Gasteiger partial charge in [0, 0.05) is 11.3 Å². The molecular formula is C15H16N4. The molecule has 2 aromatic heterocycles. The van der Waals surface area contributed by atoms with E-state index >= 15 is 0 Å². The van der Waals surface area contributed by atoms with E-state index in [9.17, 15) is 0 Å². The molecule has 0 amide bonds. The quantitative estimate of drug-likeness (QED) is 0.700. The number of nitrogens with one attached hydrogen (secondary N) is 2. The summed E-state index contributed by atoms with van der Waals surface area (Å²) in [6.45, 7) is 2.17. The lowest BCUT2D eigenvalue weighted by atomic mass is 9.98.